The lowest BCUT2D eigenvalue weighted by Crippen LogP contribution is -2.21. The highest BCUT2D eigenvalue weighted by molar-refractivity contribution is 5.79. The SMILES string of the molecule is O=CCC(c1ccc2c(c1)OCO2)C(C(=O)O)c1cccc([N+](=O)[O-])c1. The number of ether oxygens (including phenoxy) is 2. The van der Waals surface area contributed by atoms with Gasteiger partial charge in [0, 0.05) is 24.5 Å². The number of hydrogen-bond donors (Lipinski definition) is 1. The van der Waals surface area contributed by atoms with E-state index < -0.39 is 22.7 Å². The van der Waals surface area contributed by atoms with Crippen molar-refractivity contribution in [1.82, 2.24) is 0 Å². The van der Waals surface area contributed by atoms with Crippen molar-refractivity contribution in [3.63, 3.8) is 0 Å². The molecule has 0 saturated heterocycles. The monoisotopic (exact) mass is 357 g/mol. The van der Waals surface area contributed by atoms with Crippen molar-refractivity contribution < 1.29 is 29.1 Å². The van der Waals surface area contributed by atoms with Gasteiger partial charge in [-0.3, -0.25) is 14.9 Å². The second-order valence-electron chi connectivity index (χ2n) is 5.79. The summed E-state index contributed by atoms with van der Waals surface area (Å²) < 4.78 is 10.6. The van der Waals surface area contributed by atoms with E-state index in [1.165, 1.54) is 24.3 Å². The normalized spacial score (nSPS) is 14.5. The van der Waals surface area contributed by atoms with E-state index in [1.54, 1.807) is 18.2 Å². The van der Waals surface area contributed by atoms with Gasteiger partial charge in [0.25, 0.3) is 5.69 Å². The van der Waals surface area contributed by atoms with Gasteiger partial charge in [-0.1, -0.05) is 18.2 Å². The molecule has 0 spiro atoms. The maximum absolute atomic E-state index is 12.0. The first-order valence-corrected chi connectivity index (χ1v) is 7.81. The van der Waals surface area contributed by atoms with Gasteiger partial charge >= 0.3 is 5.97 Å². The highest BCUT2D eigenvalue weighted by Crippen LogP contribution is 2.41. The molecule has 0 radical (unpaired) electrons. The second-order valence-corrected chi connectivity index (χ2v) is 5.79. The Morgan fingerprint density at radius 3 is 2.65 bits per heavy atom. The predicted octanol–water partition coefficient (Wildman–Crippen LogP) is 2.86. The van der Waals surface area contributed by atoms with Crippen molar-refractivity contribution in [2.75, 3.05) is 6.79 Å². The Bertz CT molecular complexity index is 864. The van der Waals surface area contributed by atoms with Crippen LogP contribution >= 0.6 is 0 Å². The molecule has 0 saturated carbocycles. The van der Waals surface area contributed by atoms with E-state index in [0.29, 0.717) is 23.3 Å². The molecular formula is C18H15NO7. The molecule has 8 heteroatoms. The van der Waals surface area contributed by atoms with Crippen molar-refractivity contribution in [3.8, 4) is 11.5 Å². The van der Waals surface area contributed by atoms with E-state index in [0.717, 1.165) is 0 Å². The number of fused-ring (bicyclic) bond motifs is 1. The van der Waals surface area contributed by atoms with Gasteiger partial charge in [0.2, 0.25) is 6.79 Å². The molecule has 0 fully saturated rings. The Balaban J connectivity index is 2.05. The lowest BCUT2D eigenvalue weighted by Gasteiger charge is -2.23. The Hall–Kier alpha value is -3.42. The number of rotatable bonds is 7. The van der Waals surface area contributed by atoms with Crippen LogP contribution in [0.25, 0.3) is 0 Å². The van der Waals surface area contributed by atoms with E-state index >= 15 is 0 Å². The van der Waals surface area contributed by atoms with Crippen molar-refractivity contribution in [2.24, 2.45) is 0 Å². The topological polar surface area (TPSA) is 116 Å². The van der Waals surface area contributed by atoms with Gasteiger partial charge in [0.15, 0.2) is 11.5 Å². The summed E-state index contributed by atoms with van der Waals surface area (Å²) in [7, 11) is 0. The van der Waals surface area contributed by atoms with Gasteiger partial charge in [0.05, 0.1) is 10.8 Å². The Labute approximate surface area is 148 Å². The van der Waals surface area contributed by atoms with Gasteiger partial charge in [0.1, 0.15) is 6.29 Å². The number of hydrogen-bond acceptors (Lipinski definition) is 6. The molecule has 0 aromatic heterocycles. The summed E-state index contributed by atoms with van der Waals surface area (Å²) in [6.45, 7) is 0.0738. The number of aliphatic carboxylic acids is 1. The number of carboxylic acids is 1. The second kappa shape index (κ2) is 7.22. The number of nitrogens with zero attached hydrogens (tertiary/aromatic N) is 1. The van der Waals surface area contributed by atoms with E-state index in [2.05, 4.69) is 0 Å². The molecule has 3 rings (SSSR count). The zero-order valence-corrected chi connectivity index (χ0v) is 13.5. The number of aldehydes is 1. The summed E-state index contributed by atoms with van der Waals surface area (Å²) in [6.07, 6.45) is 0.585. The molecule has 0 aliphatic carbocycles. The summed E-state index contributed by atoms with van der Waals surface area (Å²) in [5, 5.41) is 20.8. The first-order valence-electron chi connectivity index (χ1n) is 7.81. The quantitative estimate of drug-likeness (QED) is 0.460. The Kier molecular flexibility index (Phi) is 4.83. The van der Waals surface area contributed by atoms with Crippen LogP contribution in [0.4, 0.5) is 5.69 Å². The number of carbonyl (C=O) groups excluding carboxylic acids is 1. The standard InChI is InChI=1S/C18H15NO7/c20-7-6-14(11-4-5-15-16(9-11)26-10-25-15)17(18(21)22)12-2-1-3-13(8-12)19(23)24/h1-5,7-9,14,17H,6,10H2,(H,21,22). The highest BCUT2D eigenvalue weighted by Gasteiger charge is 2.32. The molecular weight excluding hydrogens is 342 g/mol. The fourth-order valence-corrected chi connectivity index (χ4v) is 3.09. The number of benzene rings is 2. The molecule has 1 N–H and O–H groups in total. The van der Waals surface area contributed by atoms with Crippen LogP contribution in [0.3, 0.4) is 0 Å². The summed E-state index contributed by atoms with van der Waals surface area (Å²) in [6, 6.07) is 10.4. The average Bonchev–Trinajstić information content (AvgIpc) is 3.09. The molecule has 0 amide bonds. The molecule has 8 nitrogen and oxygen atoms in total. The zero-order chi connectivity index (χ0) is 18.7. The van der Waals surface area contributed by atoms with Gasteiger partial charge in [-0.2, -0.15) is 0 Å². The summed E-state index contributed by atoms with van der Waals surface area (Å²) in [5.41, 5.74) is 0.640. The maximum Gasteiger partial charge on any atom is 0.311 e. The van der Waals surface area contributed by atoms with E-state index in [4.69, 9.17) is 9.47 Å². The highest BCUT2D eigenvalue weighted by atomic mass is 16.7. The van der Waals surface area contributed by atoms with Crippen LogP contribution in [0, 0.1) is 10.1 Å². The van der Waals surface area contributed by atoms with Crippen LogP contribution in [0.1, 0.15) is 29.4 Å². The molecule has 1 aliphatic rings. The zero-order valence-electron chi connectivity index (χ0n) is 13.5. The van der Waals surface area contributed by atoms with Crippen LogP contribution in [0.5, 0.6) is 11.5 Å². The largest absolute Gasteiger partial charge is 0.481 e. The third-order valence-corrected chi connectivity index (χ3v) is 4.28. The smallest absolute Gasteiger partial charge is 0.311 e. The van der Waals surface area contributed by atoms with Crippen LogP contribution in [-0.4, -0.2) is 29.1 Å². The minimum Gasteiger partial charge on any atom is -0.481 e. The van der Waals surface area contributed by atoms with Crippen LogP contribution < -0.4 is 9.47 Å². The molecule has 2 atom stereocenters. The minimum absolute atomic E-state index is 0.0562. The van der Waals surface area contributed by atoms with E-state index in [-0.39, 0.29) is 24.5 Å². The van der Waals surface area contributed by atoms with Gasteiger partial charge < -0.3 is 19.4 Å². The fraction of sp³-hybridized carbons (Fsp3) is 0.222. The van der Waals surface area contributed by atoms with E-state index in [9.17, 15) is 24.8 Å². The number of non-ortho nitro benzene ring substituents is 1. The van der Waals surface area contributed by atoms with E-state index in [1.807, 2.05) is 0 Å². The minimum atomic E-state index is -1.17. The number of nitro benzene ring substituents is 1. The maximum atomic E-state index is 12.0. The van der Waals surface area contributed by atoms with Crippen LogP contribution in [0.15, 0.2) is 42.5 Å². The van der Waals surface area contributed by atoms with Crippen molar-refractivity contribution in [3.05, 3.63) is 63.7 Å². The molecule has 0 bridgehead atoms. The lowest BCUT2D eigenvalue weighted by molar-refractivity contribution is -0.384. The fourth-order valence-electron chi connectivity index (χ4n) is 3.09. The van der Waals surface area contributed by atoms with Crippen molar-refractivity contribution >= 4 is 17.9 Å². The summed E-state index contributed by atoms with van der Waals surface area (Å²) in [4.78, 5) is 33.6. The molecule has 26 heavy (non-hydrogen) atoms. The third-order valence-electron chi connectivity index (χ3n) is 4.28. The number of nitro groups is 1. The first kappa shape index (κ1) is 17.4. The van der Waals surface area contributed by atoms with Gasteiger partial charge in [-0.25, -0.2) is 0 Å². The Morgan fingerprint density at radius 1 is 1.19 bits per heavy atom. The Morgan fingerprint density at radius 2 is 1.96 bits per heavy atom. The van der Waals surface area contributed by atoms with Gasteiger partial charge in [-0.15, -0.1) is 0 Å². The average molecular weight is 357 g/mol. The van der Waals surface area contributed by atoms with Crippen molar-refractivity contribution in [2.45, 2.75) is 18.3 Å². The van der Waals surface area contributed by atoms with Crippen LogP contribution in [0.2, 0.25) is 0 Å². The summed E-state index contributed by atoms with van der Waals surface area (Å²) in [5.74, 6) is -1.99. The van der Waals surface area contributed by atoms with Crippen molar-refractivity contribution in [1.29, 1.82) is 0 Å². The molecule has 2 unspecified atom stereocenters. The molecule has 1 heterocycles. The molecule has 2 aromatic rings. The molecule has 1 aliphatic heterocycles. The predicted molar refractivity (Wildman–Crippen MR) is 89.5 cm³/mol. The first-order chi connectivity index (χ1) is 12.5. The van der Waals surface area contributed by atoms with Crippen LogP contribution in [-0.2, 0) is 9.59 Å². The number of carbonyl (C=O) groups is 2. The molecule has 2 aromatic carbocycles. The number of carboxylic acid groups (broad SMARTS) is 1. The lowest BCUT2D eigenvalue weighted by atomic mass is 9.79. The summed E-state index contributed by atoms with van der Waals surface area (Å²) >= 11 is 0. The molecule has 134 valence electrons. The van der Waals surface area contributed by atoms with Gasteiger partial charge in [-0.05, 0) is 23.3 Å². The third kappa shape index (κ3) is 3.34.